The highest BCUT2D eigenvalue weighted by molar-refractivity contribution is 5.92. The van der Waals surface area contributed by atoms with Crippen molar-refractivity contribution >= 4 is 23.8 Å². The molecule has 4 saturated carbocycles. The number of carboxylic acids is 2. The monoisotopic (exact) mass is 446 g/mol. The SMILES string of the molecule is O=C(O)C1CCCCN1C(=O)C12CC3CC(C1)CC(C(=O)N1CCCCC1C(=O)O)(C3)C2. The van der Waals surface area contributed by atoms with E-state index in [9.17, 15) is 29.4 Å². The van der Waals surface area contributed by atoms with E-state index in [0.29, 0.717) is 32.4 Å². The van der Waals surface area contributed by atoms with Crippen LogP contribution in [-0.4, -0.2) is 68.9 Å². The van der Waals surface area contributed by atoms with Crippen molar-refractivity contribution in [2.24, 2.45) is 22.7 Å². The number of likely N-dealkylation sites (tertiary alicyclic amines) is 2. The van der Waals surface area contributed by atoms with Crippen molar-refractivity contribution in [2.75, 3.05) is 13.1 Å². The molecule has 0 radical (unpaired) electrons. The number of hydrogen-bond donors (Lipinski definition) is 2. The minimum Gasteiger partial charge on any atom is -0.480 e. The Morgan fingerprint density at radius 2 is 1.06 bits per heavy atom. The zero-order valence-electron chi connectivity index (χ0n) is 18.6. The van der Waals surface area contributed by atoms with E-state index in [1.807, 2.05) is 0 Å². The number of nitrogens with zero attached hydrogens (tertiary/aromatic N) is 2. The fourth-order valence-electron chi connectivity index (χ4n) is 8.24. The number of carbonyl (C=O) groups is 4. The average molecular weight is 447 g/mol. The van der Waals surface area contributed by atoms with Gasteiger partial charge in [0.05, 0.1) is 10.8 Å². The van der Waals surface area contributed by atoms with E-state index in [-0.39, 0.29) is 23.7 Å². The minimum atomic E-state index is -0.939. The van der Waals surface area contributed by atoms with Crippen LogP contribution in [0.1, 0.15) is 77.0 Å². The van der Waals surface area contributed by atoms with Crippen LogP contribution >= 0.6 is 0 Å². The maximum atomic E-state index is 13.9. The molecular formula is C24H34N2O6. The molecule has 0 aromatic rings. The summed E-state index contributed by atoms with van der Waals surface area (Å²) in [4.78, 5) is 54.8. The fraction of sp³-hybridized carbons (Fsp3) is 0.833. The predicted octanol–water partition coefficient (Wildman–Crippen LogP) is 2.50. The van der Waals surface area contributed by atoms with Crippen LogP contribution in [0.2, 0.25) is 0 Å². The van der Waals surface area contributed by atoms with Crippen molar-refractivity contribution in [1.82, 2.24) is 9.80 Å². The first kappa shape index (κ1) is 21.7. The first-order valence-corrected chi connectivity index (χ1v) is 12.3. The lowest BCUT2D eigenvalue weighted by molar-refractivity contribution is -0.186. The van der Waals surface area contributed by atoms with Crippen LogP contribution in [0, 0.1) is 22.7 Å². The second kappa shape index (κ2) is 7.73. The predicted molar refractivity (Wildman–Crippen MR) is 114 cm³/mol. The number of aliphatic carboxylic acids is 2. The molecule has 2 aliphatic heterocycles. The van der Waals surface area contributed by atoms with Gasteiger partial charge in [-0.2, -0.15) is 0 Å². The van der Waals surface area contributed by atoms with Gasteiger partial charge >= 0.3 is 11.9 Å². The van der Waals surface area contributed by atoms with Crippen molar-refractivity contribution in [2.45, 2.75) is 89.1 Å². The van der Waals surface area contributed by atoms with Gasteiger partial charge in [-0.3, -0.25) is 9.59 Å². The van der Waals surface area contributed by atoms with Gasteiger partial charge in [0.1, 0.15) is 12.1 Å². The second-order valence-electron chi connectivity index (χ2n) is 11.2. The average Bonchev–Trinajstić information content (AvgIpc) is 2.77. The lowest BCUT2D eigenvalue weighted by Gasteiger charge is -2.62. The number of piperidine rings is 2. The van der Waals surface area contributed by atoms with Crippen LogP contribution < -0.4 is 0 Å². The molecule has 2 heterocycles. The quantitative estimate of drug-likeness (QED) is 0.686. The third kappa shape index (κ3) is 3.32. The van der Waals surface area contributed by atoms with Gasteiger partial charge in [0, 0.05) is 13.1 Å². The Labute approximate surface area is 188 Å². The molecule has 8 nitrogen and oxygen atoms in total. The topological polar surface area (TPSA) is 115 Å². The van der Waals surface area contributed by atoms with Gasteiger partial charge < -0.3 is 20.0 Å². The molecular weight excluding hydrogens is 412 g/mol. The number of amides is 2. The van der Waals surface area contributed by atoms with Crippen LogP contribution in [-0.2, 0) is 19.2 Å². The molecule has 4 aliphatic carbocycles. The molecule has 2 amide bonds. The molecule has 2 saturated heterocycles. The van der Waals surface area contributed by atoms with Gasteiger partial charge in [-0.05, 0) is 88.9 Å². The standard InChI is InChI=1S/C24H34N2O6/c27-19(28)17-5-1-3-7-25(17)21(31)23-10-15-9-16(11-23)13-24(12-15,14-23)22(32)26-8-4-2-6-18(26)20(29)30/h15-18H,1-14H2,(H,27,28)(H,29,30). The molecule has 0 aromatic carbocycles. The van der Waals surface area contributed by atoms with E-state index in [1.165, 1.54) is 0 Å². The Morgan fingerprint density at radius 1 is 0.656 bits per heavy atom. The summed E-state index contributed by atoms with van der Waals surface area (Å²) in [5.41, 5.74) is -1.33. The summed E-state index contributed by atoms with van der Waals surface area (Å²) >= 11 is 0. The van der Waals surface area contributed by atoms with Gasteiger partial charge in [-0.1, -0.05) is 0 Å². The molecule has 0 aromatic heterocycles. The summed E-state index contributed by atoms with van der Waals surface area (Å²) in [7, 11) is 0. The van der Waals surface area contributed by atoms with E-state index in [2.05, 4.69) is 0 Å². The van der Waals surface area contributed by atoms with Crippen molar-refractivity contribution in [1.29, 1.82) is 0 Å². The van der Waals surface area contributed by atoms with Crippen LogP contribution in [0.25, 0.3) is 0 Å². The molecule has 0 spiro atoms. The van der Waals surface area contributed by atoms with Gasteiger partial charge in [-0.15, -0.1) is 0 Å². The third-order valence-corrected chi connectivity index (χ3v) is 9.07. The molecule has 8 heteroatoms. The molecule has 2 N–H and O–H groups in total. The van der Waals surface area contributed by atoms with Crippen LogP contribution in [0.5, 0.6) is 0 Å². The third-order valence-electron chi connectivity index (χ3n) is 9.07. The van der Waals surface area contributed by atoms with Crippen molar-refractivity contribution in [3.05, 3.63) is 0 Å². The van der Waals surface area contributed by atoms with E-state index in [0.717, 1.165) is 57.8 Å². The first-order chi connectivity index (χ1) is 15.2. The second-order valence-corrected chi connectivity index (χ2v) is 11.2. The summed E-state index contributed by atoms with van der Waals surface area (Å²) in [5, 5.41) is 19.4. The van der Waals surface area contributed by atoms with Gasteiger partial charge in [0.2, 0.25) is 11.8 Å². The molecule has 2 atom stereocenters. The van der Waals surface area contributed by atoms with Crippen LogP contribution in [0.4, 0.5) is 0 Å². The van der Waals surface area contributed by atoms with Crippen LogP contribution in [0.15, 0.2) is 0 Å². The summed E-state index contributed by atoms with van der Waals surface area (Å²) in [6.45, 7) is 0.947. The Bertz CT molecular complexity index is 762. The largest absolute Gasteiger partial charge is 0.480 e. The van der Waals surface area contributed by atoms with Crippen molar-refractivity contribution < 1.29 is 29.4 Å². The molecule has 2 unspecified atom stereocenters. The highest BCUT2D eigenvalue weighted by Gasteiger charge is 2.65. The number of carboxylic acid groups (broad SMARTS) is 2. The molecule has 6 aliphatic rings. The zero-order valence-corrected chi connectivity index (χ0v) is 18.6. The normalized spacial score (nSPS) is 40.9. The summed E-state index contributed by atoms with van der Waals surface area (Å²) < 4.78 is 0. The van der Waals surface area contributed by atoms with E-state index in [1.54, 1.807) is 9.80 Å². The minimum absolute atomic E-state index is 0.0655. The molecule has 176 valence electrons. The van der Waals surface area contributed by atoms with E-state index in [4.69, 9.17) is 0 Å². The smallest absolute Gasteiger partial charge is 0.326 e. The molecule has 32 heavy (non-hydrogen) atoms. The number of hydrogen-bond acceptors (Lipinski definition) is 4. The van der Waals surface area contributed by atoms with Gasteiger partial charge in [0.25, 0.3) is 0 Å². The first-order valence-electron chi connectivity index (χ1n) is 12.3. The van der Waals surface area contributed by atoms with Crippen molar-refractivity contribution in [3.8, 4) is 0 Å². The number of rotatable bonds is 4. The summed E-state index contributed by atoms with van der Waals surface area (Å²) in [6.07, 6.45) is 8.67. The van der Waals surface area contributed by atoms with E-state index >= 15 is 0 Å². The highest BCUT2D eigenvalue weighted by Crippen LogP contribution is 2.66. The maximum absolute atomic E-state index is 13.9. The van der Waals surface area contributed by atoms with Gasteiger partial charge in [-0.25, -0.2) is 9.59 Å². The maximum Gasteiger partial charge on any atom is 0.326 e. The highest BCUT2D eigenvalue weighted by atomic mass is 16.4. The van der Waals surface area contributed by atoms with Gasteiger partial charge in [0.15, 0.2) is 0 Å². The Morgan fingerprint density at radius 3 is 1.44 bits per heavy atom. The van der Waals surface area contributed by atoms with Crippen LogP contribution in [0.3, 0.4) is 0 Å². The molecule has 6 rings (SSSR count). The lowest BCUT2D eigenvalue weighted by Crippen LogP contribution is -2.65. The fourth-order valence-corrected chi connectivity index (χ4v) is 8.24. The molecule has 4 bridgehead atoms. The lowest BCUT2D eigenvalue weighted by atomic mass is 9.43. The molecule has 6 fully saturated rings. The summed E-state index contributed by atoms with van der Waals surface area (Å²) in [5.74, 6) is -1.44. The number of carbonyl (C=O) groups excluding carboxylic acids is 2. The summed E-state index contributed by atoms with van der Waals surface area (Å²) in [6, 6.07) is -1.54. The Hall–Kier alpha value is -2.12. The Balaban J connectivity index is 1.45. The van der Waals surface area contributed by atoms with E-state index < -0.39 is 34.9 Å². The van der Waals surface area contributed by atoms with Crippen molar-refractivity contribution in [3.63, 3.8) is 0 Å². The Kier molecular flexibility index (Phi) is 5.25. The zero-order chi connectivity index (χ0) is 22.7.